The lowest BCUT2D eigenvalue weighted by Gasteiger charge is -2.17. The molecule has 0 saturated heterocycles. The first kappa shape index (κ1) is 20.5. The fourth-order valence-corrected chi connectivity index (χ4v) is 4.03. The van der Waals surface area contributed by atoms with Gasteiger partial charge >= 0.3 is 12.1 Å². The number of ether oxygens (including phenoxy) is 1. The average molecular weight is 414 g/mol. The summed E-state index contributed by atoms with van der Waals surface area (Å²) in [5, 5.41) is 15.0. The number of fused-ring (bicyclic) bond motifs is 3. The van der Waals surface area contributed by atoms with Gasteiger partial charge in [0, 0.05) is 18.0 Å². The minimum Gasteiger partial charge on any atom is -0.480 e. The van der Waals surface area contributed by atoms with Crippen LogP contribution in [-0.2, 0) is 16.0 Å². The van der Waals surface area contributed by atoms with Crippen LogP contribution in [0.3, 0.4) is 0 Å². The van der Waals surface area contributed by atoms with Crippen LogP contribution in [0.4, 0.5) is 10.5 Å². The third-order valence-corrected chi connectivity index (χ3v) is 5.62. The van der Waals surface area contributed by atoms with Gasteiger partial charge in [0.1, 0.15) is 12.6 Å². The molecular weight excluding hydrogens is 391 g/mol. The Labute approximate surface area is 181 Å². The van der Waals surface area contributed by atoms with Crippen molar-refractivity contribution in [2.75, 3.05) is 11.8 Å². The number of carbonyl (C=O) groups excluding carboxylic acids is 1. The van der Waals surface area contributed by atoms with Crippen LogP contribution in [0.5, 0.6) is 0 Å². The fraction of sp³-hybridized carbons (Fsp3) is 0.167. The van der Waals surface area contributed by atoms with E-state index in [-0.39, 0.29) is 18.9 Å². The molecule has 0 fully saturated rings. The first-order chi connectivity index (χ1) is 15.1. The molecule has 3 aromatic carbocycles. The molecule has 0 aromatic heterocycles. The van der Waals surface area contributed by atoms with E-state index in [4.69, 9.17) is 4.74 Å². The van der Waals surface area contributed by atoms with Crippen molar-refractivity contribution in [3.8, 4) is 11.1 Å². The molecule has 0 aliphatic heterocycles. The Morgan fingerprint density at radius 1 is 0.935 bits per heavy atom. The van der Waals surface area contributed by atoms with Gasteiger partial charge in [0.25, 0.3) is 0 Å². The number of hydrogen-bond donors (Lipinski definition) is 3. The Morgan fingerprint density at radius 2 is 1.52 bits per heavy atom. The number of carboxylic acids is 1. The predicted molar refractivity (Wildman–Crippen MR) is 122 cm³/mol. The van der Waals surface area contributed by atoms with E-state index < -0.39 is 18.1 Å². The van der Waals surface area contributed by atoms with E-state index in [1.165, 1.54) is 0 Å². The molecule has 7 heteroatoms. The third-order valence-electron chi connectivity index (χ3n) is 5.62. The number of hydrogen-bond acceptors (Lipinski definition) is 4. The van der Waals surface area contributed by atoms with Crippen LogP contribution in [0, 0.1) is 0 Å². The molecule has 4 rings (SSSR count). The van der Waals surface area contributed by atoms with Crippen molar-refractivity contribution in [1.82, 2.24) is 5.32 Å². The lowest BCUT2D eigenvalue weighted by Crippen LogP contribution is -2.42. The summed E-state index contributed by atoms with van der Waals surface area (Å²) in [6, 6.07) is 22.4. The second kappa shape index (κ2) is 8.96. The van der Waals surface area contributed by atoms with E-state index in [1.807, 2.05) is 68.6 Å². The Kier molecular flexibility index (Phi) is 5.93. The molecule has 0 bridgehead atoms. The average Bonchev–Trinajstić information content (AvgIpc) is 3.11. The van der Waals surface area contributed by atoms with Gasteiger partial charge in [-0.05, 0) is 39.9 Å². The SMILES string of the molecule is BNc1ccc(C[C@@H](NC(=O)OCC2c3ccccc3-c3ccccc32)C(=O)O)cc1. The minimum absolute atomic E-state index is 0.0736. The summed E-state index contributed by atoms with van der Waals surface area (Å²) in [5.41, 5.74) is 6.23. The van der Waals surface area contributed by atoms with Gasteiger partial charge in [0.05, 0.1) is 0 Å². The van der Waals surface area contributed by atoms with Crippen molar-refractivity contribution in [3.63, 3.8) is 0 Å². The normalized spacial score (nSPS) is 13.0. The molecule has 1 atom stereocenters. The van der Waals surface area contributed by atoms with Gasteiger partial charge in [0.15, 0.2) is 0 Å². The molecule has 0 saturated carbocycles. The molecule has 156 valence electrons. The molecule has 0 unspecified atom stereocenters. The molecule has 1 amide bonds. The topological polar surface area (TPSA) is 87.7 Å². The molecule has 31 heavy (non-hydrogen) atoms. The summed E-state index contributed by atoms with van der Waals surface area (Å²) >= 11 is 0. The van der Waals surface area contributed by atoms with E-state index in [2.05, 4.69) is 22.7 Å². The summed E-state index contributed by atoms with van der Waals surface area (Å²) in [6.07, 6.45) is -0.565. The maximum Gasteiger partial charge on any atom is 0.407 e. The van der Waals surface area contributed by atoms with Gasteiger partial charge in [-0.3, -0.25) is 0 Å². The molecule has 6 nitrogen and oxygen atoms in total. The van der Waals surface area contributed by atoms with Crippen molar-refractivity contribution in [1.29, 1.82) is 0 Å². The first-order valence-electron chi connectivity index (χ1n) is 10.2. The van der Waals surface area contributed by atoms with Gasteiger partial charge < -0.3 is 20.4 Å². The van der Waals surface area contributed by atoms with Crippen molar-refractivity contribution in [3.05, 3.63) is 89.5 Å². The molecule has 3 aromatic rings. The number of alkyl carbamates (subject to hydrolysis) is 1. The Balaban J connectivity index is 1.41. The van der Waals surface area contributed by atoms with Gasteiger partial charge in [0.2, 0.25) is 7.98 Å². The maximum absolute atomic E-state index is 12.4. The maximum atomic E-state index is 12.4. The summed E-state index contributed by atoms with van der Waals surface area (Å²) < 4.78 is 5.47. The van der Waals surface area contributed by atoms with Gasteiger partial charge in [-0.1, -0.05) is 60.7 Å². The lowest BCUT2D eigenvalue weighted by atomic mass is 9.98. The highest BCUT2D eigenvalue weighted by Crippen LogP contribution is 2.44. The highest BCUT2D eigenvalue weighted by Gasteiger charge is 2.29. The Bertz CT molecular complexity index is 1060. The molecule has 3 N–H and O–H groups in total. The molecule has 1 aliphatic rings. The van der Waals surface area contributed by atoms with E-state index >= 15 is 0 Å². The summed E-state index contributed by atoms with van der Waals surface area (Å²) in [5.74, 6) is -1.18. The zero-order valence-corrected chi connectivity index (χ0v) is 17.2. The van der Waals surface area contributed by atoms with Gasteiger partial charge in [-0.15, -0.1) is 0 Å². The quantitative estimate of drug-likeness (QED) is 0.517. The van der Waals surface area contributed by atoms with Crippen LogP contribution in [0.2, 0.25) is 0 Å². The second-order valence-corrected chi connectivity index (χ2v) is 7.51. The number of carboxylic acid groups (broad SMARTS) is 1. The standard InChI is InChI=1S/C24H23BN2O4/c25-27-16-11-9-15(10-12-16)13-22(23(28)29)26-24(30)31-14-21-19-7-3-1-5-17(19)18-6-2-4-8-20(18)21/h1-12,21-22,27H,13-14,25H2,(H,26,30)(H,28,29)/t22-/m1/s1. The van der Waals surface area contributed by atoms with E-state index in [9.17, 15) is 14.7 Å². The lowest BCUT2D eigenvalue weighted by molar-refractivity contribution is -0.139. The van der Waals surface area contributed by atoms with Crippen LogP contribution >= 0.6 is 0 Å². The number of nitrogens with one attached hydrogen (secondary N) is 2. The number of rotatable bonds is 7. The molecule has 0 heterocycles. The highest BCUT2D eigenvalue weighted by molar-refractivity contribution is 6.15. The zero-order valence-electron chi connectivity index (χ0n) is 17.2. The van der Waals surface area contributed by atoms with Crippen LogP contribution < -0.4 is 10.5 Å². The Morgan fingerprint density at radius 3 is 2.06 bits per heavy atom. The number of amides is 1. The smallest absolute Gasteiger partial charge is 0.407 e. The predicted octanol–water partition coefficient (Wildman–Crippen LogP) is 3.18. The Hall–Kier alpha value is -3.74. The monoisotopic (exact) mass is 414 g/mol. The number of aliphatic carboxylic acids is 1. The molecule has 0 radical (unpaired) electrons. The second-order valence-electron chi connectivity index (χ2n) is 7.51. The largest absolute Gasteiger partial charge is 0.480 e. The van der Waals surface area contributed by atoms with Crippen molar-refractivity contribution < 1.29 is 19.4 Å². The van der Waals surface area contributed by atoms with E-state index in [0.29, 0.717) is 0 Å². The summed E-state index contributed by atoms with van der Waals surface area (Å²) in [7, 11) is 1.81. The number of carbonyl (C=O) groups is 2. The highest BCUT2D eigenvalue weighted by atomic mass is 16.5. The first-order valence-corrected chi connectivity index (χ1v) is 10.2. The third kappa shape index (κ3) is 4.40. The van der Waals surface area contributed by atoms with Crippen molar-refractivity contribution in [2.45, 2.75) is 18.4 Å². The molecule has 0 spiro atoms. The van der Waals surface area contributed by atoms with Crippen molar-refractivity contribution >= 4 is 25.7 Å². The fourth-order valence-electron chi connectivity index (χ4n) is 4.03. The van der Waals surface area contributed by atoms with Crippen LogP contribution in [-0.4, -0.2) is 37.8 Å². The minimum atomic E-state index is -1.11. The van der Waals surface area contributed by atoms with E-state index in [1.54, 1.807) is 0 Å². The van der Waals surface area contributed by atoms with Crippen LogP contribution in [0.1, 0.15) is 22.6 Å². The van der Waals surface area contributed by atoms with Gasteiger partial charge in [-0.25, -0.2) is 9.59 Å². The van der Waals surface area contributed by atoms with Crippen molar-refractivity contribution in [2.24, 2.45) is 0 Å². The summed E-state index contributed by atoms with van der Waals surface area (Å²) in [6.45, 7) is 0.142. The molecule has 1 aliphatic carbocycles. The number of benzene rings is 3. The molecular formula is C24H23BN2O4. The van der Waals surface area contributed by atoms with Crippen LogP contribution in [0.15, 0.2) is 72.8 Å². The van der Waals surface area contributed by atoms with E-state index in [0.717, 1.165) is 33.5 Å². The zero-order chi connectivity index (χ0) is 21.8. The van der Waals surface area contributed by atoms with Crippen LogP contribution in [0.25, 0.3) is 11.1 Å². The number of anilines is 1. The van der Waals surface area contributed by atoms with Gasteiger partial charge in [-0.2, -0.15) is 0 Å². The summed E-state index contributed by atoms with van der Waals surface area (Å²) in [4.78, 5) is 24.1.